The van der Waals surface area contributed by atoms with Crippen LogP contribution in [0.2, 0.25) is 0 Å². The summed E-state index contributed by atoms with van der Waals surface area (Å²) in [5.74, 6) is 0.901. The number of hydrogen-bond donors (Lipinski definition) is 1. The number of nitrogens with zero attached hydrogens (tertiary/aromatic N) is 1. The van der Waals surface area contributed by atoms with Gasteiger partial charge in [-0.3, -0.25) is 4.79 Å². The lowest BCUT2D eigenvalue weighted by molar-refractivity contribution is -0.113. The molecule has 0 saturated carbocycles. The van der Waals surface area contributed by atoms with E-state index in [1.807, 2.05) is 36.4 Å². The molecule has 0 saturated heterocycles. The fourth-order valence-electron chi connectivity index (χ4n) is 2.08. The van der Waals surface area contributed by atoms with Crippen molar-refractivity contribution in [2.24, 2.45) is 0 Å². The molecule has 3 nitrogen and oxygen atoms in total. The molecule has 1 aromatic heterocycles. The zero-order valence-corrected chi connectivity index (χ0v) is 12.1. The number of carbonyl (C=O) groups excluding carboxylic acids is 1. The third-order valence-electron chi connectivity index (χ3n) is 3.04. The Labute approximate surface area is 127 Å². The summed E-state index contributed by atoms with van der Waals surface area (Å²) in [6.07, 6.45) is 1.66. The van der Waals surface area contributed by atoms with Crippen LogP contribution in [0.15, 0.2) is 71.8 Å². The Balaban J connectivity index is 1.68. The SMILES string of the molecule is O=C(CSc1cccc2ccccc12)Nc1ccccn1. The van der Waals surface area contributed by atoms with Crippen molar-refractivity contribution in [3.05, 3.63) is 66.9 Å². The number of anilines is 1. The van der Waals surface area contributed by atoms with Crippen molar-refractivity contribution in [1.29, 1.82) is 0 Å². The Morgan fingerprint density at radius 3 is 2.67 bits per heavy atom. The molecule has 0 spiro atoms. The molecule has 3 aromatic rings. The summed E-state index contributed by atoms with van der Waals surface area (Å²) in [7, 11) is 0. The van der Waals surface area contributed by atoms with E-state index in [0.717, 1.165) is 4.90 Å². The van der Waals surface area contributed by atoms with Crippen LogP contribution in [0, 0.1) is 0 Å². The highest BCUT2D eigenvalue weighted by atomic mass is 32.2. The van der Waals surface area contributed by atoms with Gasteiger partial charge >= 0.3 is 0 Å². The fourth-order valence-corrected chi connectivity index (χ4v) is 2.96. The maximum atomic E-state index is 11.9. The van der Waals surface area contributed by atoms with Crippen LogP contribution >= 0.6 is 11.8 Å². The van der Waals surface area contributed by atoms with Gasteiger partial charge in [-0.15, -0.1) is 11.8 Å². The van der Waals surface area contributed by atoms with Crippen molar-refractivity contribution in [3.63, 3.8) is 0 Å². The summed E-state index contributed by atoms with van der Waals surface area (Å²) in [4.78, 5) is 17.1. The van der Waals surface area contributed by atoms with E-state index in [2.05, 4.69) is 28.5 Å². The lowest BCUT2D eigenvalue weighted by Gasteiger charge is -2.07. The largest absolute Gasteiger partial charge is 0.310 e. The Morgan fingerprint density at radius 1 is 1.00 bits per heavy atom. The zero-order valence-electron chi connectivity index (χ0n) is 11.3. The van der Waals surface area contributed by atoms with Crippen molar-refractivity contribution in [3.8, 4) is 0 Å². The monoisotopic (exact) mass is 294 g/mol. The van der Waals surface area contributed by atoms with Gasteiger partial charge in [0.2, 0.25) is 5.91 Å². The summed E-state index contributed by atoms with van der Waals surface area (Å²) in [6, 6.07) is 19.8. The molecular weight excluding hydrogens is 280 g/mol. The molecule has 0 aliphatic heterocycles. The number of amides is 1. The minimum absolute atomic E-state index is 0.0494. The Kier molecular flexibility index (Phi) is 4.17. The number of benzene rings is 2. The first kappa shape index (κ1) is 13.6. The molecule has 0 radical (unpaired) electrons. The fraction of sp³-hybridized carbons (Fsp3) is 0.0588. The summed E-state index contributed by atoms with van der Waals surface area (Å²) < 4.78 is 0. The summed E-state index contributed by atoms with van der Waals surface area (Å²) in [5, 5.41) is 5.15. The average Bonchev–Trinajstić information content (AvgIpc) is 2.54. The van der Waals surface area contributed by atoms with Crippen molar-refractivity contribution >= 4 is 34.3 Å². The third kappa shape index (κ3) is 3.41. The van der Waals surface area contributed by atoms with Gasteiger partial charge in [0, 0.05) is 11.1 Å². The van der Waals surface area contributed by atoms with Crippen LogP contribution in [0.5, 0.6) is 0 Å². The number of carbonyl (C=O) groups is 1. The van der Waals surface area contributed by atoms with E-state index in [1.54, 1.807) is 12.3 Å². The van der Waals surface area contributed by atoms with Gasteiger partial charge in [-0.2, -0.15) is 0 Å². The van der Waals surface area contributed by atoms with Gasteiger partial charge in [-0.05, 0) is 29.0 Å². The maximum absolute atomic E-state index is 11.9. The minimum atomic E-state index is -0.0494. The second kappa shape index (κ2) is 6.41. The van der Waals surface area contributed by atoms with E-state index in [-0.39, 0.29) is 5.91 Å². The van der Waals surface area contributed by atoms with Crippen LogP contribution in [0.25, 0.3) is 10.8 Å². The zero-order chi connectivity index (χ0) is 14.5. The van der Waals surface area contributed by atoms with Crippen molar-refractivity contribution < 1.29 is 4.79 Å². The molecule has 21 heavy (non-hydrogen) atoms. The molecule has 0 fully saturated rings. The Bertz CT molecular complexity index is 754. The maximum Gasteiger partial charge on any atom is 0.235 e. The molecule has 0 atom stereocenters. The molecule has 2 aromatic carbocycles. The first-order valence-electron chi connectivity index (χ1n) is 6.64. The number of hydrogen-bond acceptors (Lipinski definition) is 3. The molecule has 0 aliphatic carbocycles. The molecule has 1 heterocycles. The van der Waals surface area contributed by atoms with Gasteiger partial charge in [0.05, 0.1) is 5.75 Å². The Hall–Kier alpha value is -2.33. The van der Waals surface area contributed by atoms with E-state index >= 15 is 0 Å². The summed E-state index contributed by atoms with van der Waals surface area (Å²) >= 11 is 1.54. The van der Waals surface area contributed by atoms with Crippen LogP contribution in [0.4, 0.5) is 5.82 Å². The first-order valence-corrected chi connectivity index (χ1v) is 7.63. The van der Waals surface area contributed by atoms with Crippen molar-refractivity contribution in [1.82, 2.24) is 4.98 Å². The van der Waals surface area contributed by atoms with Crippen LogP contribution in [-0.2, 0) is 4.79 Å². The average molecular weight is 294 g/mol. The molecule has 0 bridgehead atoms. The van der Waals surface area contributed by atoms with Gasteiger partial charge < -0.3 is 5.32 Å². The highest BCUT2D eigenvalue weighted by Gasteiger charge is 2.06. The van der Waals surface area contributed by atoms with Crippen LogP contribution in [0.1, 0.15) is 0 Å². The molecule has 0 aliphatic rings. The first-order chi connectivity index (χ1) is 10.3. The van der Waals surface area contributed by atoms with Gasteiger partial charge in [-0.25, -0.2) is 4.98 Å². The molecular formula is C17H14N2OS. The summed E-state index contributed by atoms with van der Waals surface area (Å²) in [6.45, 7) is 0. The number of fused-ring (bicyclic) bond motifs is 1. The lowest BCUT2D eigenvalue weighted by Crippen LogP contribution is -2.14. The van der Waals surface area contributed by atoms with Crippen molar-refractivity contribution in [2.75, 3.05) is 11.1 Å². The van der Waals surface area contributed by atoms with E-state index in [4.69, 9.17) is 0 Å². The molecule has 104 valence electrons. The van der Waals surface area contributed by atoms with Crippen LogP contribution in [-0.4, -0.2) is 16.6 Å². The van der Waals surface area contributed by atoms with Crippen LogP contribution < -0.4 is 5.32 Å². The highest BCUT2D eigenvalue weighted by molar-refractivity contribution is 8.00. The van der Waals surface area contributed by atoms with E-state index in [1.165, 1.54) is 22.5 Å². The van der Waals surface area contributed by atoms with Crippen LogP contribution in [0.3, 0.4) is 0 Å². The number of pyridine rings is 1. The third-order valence-corrected chi connectivity index (χ3v) is 4.11. The standard InChI is InChI=1S/C17H14N2OS/c20-17(19-16-10-3-4-11-18-16)12-21-15-9-5-7-13-6-1-2-8-14(13)15/h1-11H,12H2,(H,18,19,20). The summed E-state index contributed by atoms with van der Waals surface area (Å²) in [5.41, 5.74) is 0. The molecule has 4 heteroatoms. The predicted octanol–water partition coefficient (Wildman–Crippen LogP) is 3.97. The molecule has 1 amide bonds. The molecule has 1 N–H and O–H groups in total. The highest BCUT2D eigenvalue weighted by Crippen LogP contribution is 2.27. The number of nitrogens with one attached hydrogen (secondary N) is 1. The second-order valence-electron chi connectivity index (χ2n) is 4.53. The number of aromatic nitrogens is 1. The minimum Gasteiger partial charge on any atom is -0.310 e. The van der Waals surface area contributed by atoms with E-state index < -0.39 is 0 Å². The second-order valence-corrected chi connectivity index (χ2v) is 5.55. The number of rotatable bonds is 4. The van der Waals surface area contributed by atoms with E-state index in [0.29, 0.717) is 11.6 Å². The smallest absolute Gasteiger partial charge is 0.235 e. The van der Waals surface area contributed by atoms with Crippen molar-refractivity contribution in [2.45, 2.75) is 4.90 Å². The Morgan fingerprint density at radius 2 is 1.81 bits per heavy atom. The van der Waals surface area contributed by atoms with E-state index in [9.17, 15) is 4.79 Å². The molecule has 3 rings (SSSR count). The van der Waals surface area contributed by atoms with Gasteiger partial charge in [0.25, 0.3) is 0 Å². The predicted molar refractivity (Wildman–Crippen MR) is 87.5 cm³/mol. The molecule has 0 unspecified atom stereocenters. The van der Waals surface area contributed by atoms with Gasteiger partial charge in [-0.1, -0.05) is 42.5 Å². The lowest BCUT2D eigenvalue weighted by atomic mass is 10.1. The van der Waals surface area contributed by atoms with Gasteiger partial charge in [0.15, 0.2) is 0 Å². The normalized spacial score (nSPS) is 10.5. The van der Waals surface area contributed by atoms with Gasteiger partial charge in [0.1, 0.15) is 5.82 Å². The quantitative estimate of drug-likeness (QED) is 0.740. The topological polar surface area (TPSA) is 42.0 Å². The number of thioether (sulfide) groups is 1.